The van der Waals surface area contributed by atoms with Gasteiger partial charge in [0.25, 0.3) is 5.89 Å². The van der Waals surface area contributed by atoms with Crippen molar-refractivity contribution in [3.8, 4) is 23.0 Å². The number of pyridine rings is 1. The highest BCUT2D eigenvalue weighted by Gasteiger charge is 2.15. The summed E-state index contributed by atoms with van der Waals surface area (Å²) in [5.41, 5.74) is 9.83. The van der Waals surface area contributed by atoms with Gasteiger partial charge in [0.15, 0.2) is 0 Å². The SMILES string of the molecule is Cc1cnc(-c2noc(-c3cc(Cl)ccc3N)n2)c(C)c1. The van der Waals surface area contributed by atoms with Gasteiger partial charge in [-0.05, 0) is 43.2 Å². The van der Waals surface area contributed by atoms with Crippen LogP contribution in [0.2, 0.25) is 5.02 Å². The quantitative estimate of drug-likeness (QED) is 0.731. The molecule has 0 saturated heterocycles. The van der Waals surface area contributed by atoms with Gasteiger partial charge in [0.2, 0.25) is 5.82 Å². The van der Waals surface area contributed by atoms with Gasteiger partial charge in [0, 0.05) is 16.9 Å². The molecule has 0 atom stereocenters. The number of halogens is 1. The van der Waals surface area contributed by atoms with E-state index in [0.717, 1.165) is 11.1 Å². The van der Waals surface area contributed by atoms with Crippen LogP contribution in [0.25, 0.3) is 23.0 Å². The molecule has 0 bridgehead atoms. The fourth-order valence-corrected chi connectivity index (χ4v) is 2.26. The highest BCUT2D eigenvalue weighted by molar-refractivity contribution is 6.31. The maximum atomic E-state index is 5.98. The zero-order chi connectivity index (χ0) is 15.0. The second-order valence-corrected chi connectivity index (χ2v) is 5.27. The molecule has 3 rings (SSSR count). The van der Waals surface area contributed by atoms with Gasteiger partial charge < -0.3 is 10.3 Å². The lowest BCUT2D eigenvalue weighted by atomic mass is 10.1. The van der Waals surface area contributed by atoms with Crippen molar-refractivity contribution in [2.75, 3.05) is 5.73 Å². The number of aryl methyl sites for hydroxylation is 2. The first-order chi connectivity index (χ1) is 10.0. The first kappa shape index (κ1) is 13.6. The van der Waals surface area contributed by atoms with Crippen LogP contribution < -0.4 is 5.73 Å². The van der Waals surface area contributed by atoms with E-state index >= 15 is 0 Å². The first-order valence-electron chi connectivity index (χ1n) is 6.37. The van der Waals surface area contributed by atoms with E-state index in [1.807, 2.05) is 19.9 Å². The molecule has 106 valence electrons. The van der Waals surface area contributed by atoms with E-state index in [2.05, 4.69) is 15.1 Å². The zero-order valence-corrected chi connectivity index (χ0v) is 12.3. The molecule has 0 amide bonds. The number of rotatable bonds is 2. The lowest BCUT2D eigenvalue weighted by Crippen LogP contribution is -1.92. The minimum atomic E-state index is 0.326. The number of anilines is 1. The van der Waals surface area contributed by atoms with Crippen LogP contribution in [0, 0.1) is 13.8 Å². The second-order valence-electron chi connectivity index (χ2n) is 4.83. The third-order valence-corrected chi connectivity index (χ3v) is 3.33. The molecule has 2 N–H and O–H groups in total. The molecular formula is C15H13ClN4O. The Morgan fingerprint density at radius 2 is 2.00 bits per heavy atom. The average Bonchev–Trinajstić information content (AvgIpc) is 2.91. The Morgan fingerprint density at radius 3 is 2.76 bits per heavy atom. The fourth-order valence-electron chi connectivity index (χ4n) is 2.09. The number of nitrogen functional groups attached to an aromatic ring is 1. The Morgan fingerprint density at radius 1 is 1.19 bits per heavy atom. The lowest BCUT2D eigenvalue weighted by molar-refractivity contribution is 0.432. The molecule has 2 aromatic heterocycles. The summed E-state index contributed by atoms with van der Waals surface area (Å²) in [5.74, 6) is 0.758. The van der Waals surface area contributed by atoms with Crippen LogP contribution in [-0.4, -0.2) is 15.1 Å². The molecule has 0 spiro atoms. The van der Waals surface area contributed by atoms with Crippen LogP contribution in [0.15, 0.2) is 35.0 Å². The van der Waals surface area contributed by atoms with Crippen molar-refractivity contribution in [3.05, 3.63) is 46.6 Å². The summed E-state index contributed by atoms with van der Waals surface area (Å²) < 4.78 is 5.29. The summed E-state index contributed by atoms with van der Waals surface area (Å²) in [6.45, 7) is 3.94. The van der Waals surface area contributed by atoms with Gasteiger partial charge >= 0.3 is 0 Å². The topological polar surface area (TPSA) is 77.8 Å². The van der Waals surface area contributed by atoms with E-state index in [-0.39, 0.29) is 0 Å². The summed E-state index contributed by atoms with van der Waals surface area (Å²) >= 11 is 5.98. The summed E-state index contributed by atoms with van der Waals surface area (Å²) in [5, 5.41) is 4.54. The maximum Gasteiger partial charge on any atom is 0.260 e. The standard InChI is InChI=1S/C15H13ClN4O/c1-8-5-9(2)13(18-7-8)14-19-15(21-20-14)11-6-10(16)3-4-12(11)17/h3-7H,17H2,1-2H3. The van der Waals surface area contributed by atoms with Gasteiger partial charge in [0.1, 0.15) is 5.69 Å². The predicted molar refractivity (Wildman–Crippen MR) is 81.9 cm³/mol. The lowest BCUT2D eigenvalue weighted by Gasteiger charge is -2.01. The number of aromatic nitrogens is 3. The van der Waals surface area contributed by atoms with Crippen LogP contribution >= 0.6 is 11.6 Å². The normalized spacial score (nSPS) is 10.8. The molecule has 0 radical (unpaired) electrons. The highest BCUT2D eigenvalue weighted by Crippen LogP contribution is 2.29. The highest BCUT2D eigenvalue weighted by atomic mass is 35.5. The minimum absolute atomic E-state index is 0.326. The van der Waals surface area contributed by atoms with Gasteiger partial charge in [-0.2, -0.15) is 4.98 Å². The largest absolute Gasteiger partial charge is 0.398 e. The number of nitrogens with zero attached hydrogens (tertiary/aromatic N) is 3. The Labute approximate surface area is 126 Å². The first-order valence-corrected chi connectivity index (χ1v) is 6.75. The van der Waals surface area contributed by atoms with Crippen LogP contribution in [0.1, 0.15) is 11.1 Å². The van der Waals surface area contributed by atoms with Crippen molar-refractivity contribution < 1.29 is 4.52 Å². The second kappa shape index (κ2) is 5.18. The third-order valence-electron chi connectivity index (χ3n) is 3.10. The Kier molecular flexibility index (Phi) is 3.35. The van der Waals surface area contributed by atoms with Crippen molar-refractivity contribution >= 4 is 17.3 Å². The molecule has 0 fully saturated rings. The monoisotopic (exact) mass is 300 g/mol. The summed E-state index contributed by atoms with van der Waals surface area (Å²) in [7, 11) is 0. The molecule has 0 aliphatic heterocycles. The van der Waals surface area contributed by atoms with Crippen molar-refractivity contribution in [2.24, 2.45) is 0 Å². The molecule has 5 nitrogen and oxygen atoms in total. The Hall–Kier alpha value is -2.40. The molecule has 6 heteroatoms. The summed E-state index contributed by atoms with van der Waals surface area (Å²) in [6, 6.07) is 7.13. The number of hydrogen-bond donors (Lipinski definition) is 1. The van der Waals surface area contributed by atoms with Gasteiger partial charge in [0.05, 0.1) is 5.56 Å². The fraction of sp³-hybridized carbons (Fsp3) is 0.133. The molecule has 3 aromatic rings. The molecule has 0 aliphatic carbocycles. The van der Waals surface area contributed by atoms with E-state index in [4.69, 9.17) is 21.9 Å². The predicted octanol–water partition coefficient (Wildman–Crippen LogP) is 3.65. The van der Waals surface area contributed by atoms with Gasteiger partial charge in [-0.3, -0.25) is 4.98 Å². The van der Waals surface area contributed by atoms with Crippen molar-refractivity contribution in [1.29, 1.82) is 0 Å². The van der Waals surface area contributed by atoms with Gasteiger partial charge in [-0.25, -0.2) is 0 Å². The molecular weight excluding hydrogens is 288 g/mol. The average molecular weight is 301 g/mol. The van der Waals surface area contributed by atoms with E-state index in [1.54, 1.807) is 24.4 Å². The van der Waals surface area contributed by atoms with E-state index in [0.29, 0.717) is 33.7 Å². The van der Waals surface area contributed by atoms with Gasteiger partial charge in [-0.15, -0.1) is 0 Å². The summed E-state index contributed by atoms with van der Waals surface area (Å²) in [4.78, 5) is 8.72. The van der Waals surface area contributed by atoms with Crippen molar-refractivity contribution in [1.82, 2.24) is 15.1 Å². The maximum absolute atomic E-state index is 5.98. The molecule has 2 heterocycles. The molecule has 1 aromatic carbocycles. The third kappa shape index (κ3) is 2.60. The number of hydrogen-bond acceptors (Lipinski definition) is 5. The Balaban J connectivity index is 2.06. The summed E-state index contributed by atoms with van der Waals surface area (Å²) in [6.07, 6.45) is 1.77. The van der Waals surface area contributed by atoms with Gasteiger partial charge in [-0.1, -0.05) is 22.8 Å². The van der Waals surface area contributed by atoms with Crippen molar-refractivity contribution in [3.63, 3.8) is 0 Å². The van der Waals surface area contributed by atoms with Crippen LogP contribution in [0.3, 0.4) is 0 Å². The van der Waals surface area contributed by atoms with Crippen LogP contribution in [0.4, 0.5) is 5.69 Å². The molecule has 0 aliphatic rings. The minimum Gasteiger partial charge on any atom is -0.398 e. The zero-order valence-electron chi connectivity index (χ0n) is 11.6. The molecule has 0 unspecified atom stereocenters. The Bertz CT molecular complexity index is 813. The molecule has 21 heavy (non-hydrogen) atoms. The number of benzene rings is 1. The number of nitrogens with two attached hydrogens (primary N) is 1. The van der Waals surface area contributed by atoms with E-state index in [1.165, 1.54) is 0 Å². The van der Waals surface area contributed by atoms with Crippen LogP contribution in [0.5, 0.6) is 0 Å². The van der Waals surface area contributed by atoms with E-state index in [9.17, 15) is 0 Å². The van der Waals surface area contributed by atoms with Crippen molar-refractivity contribution in [2.45, 2.75) is 13.8 Å². The smallest absolute Gasteiger partial charge is 0.260 e. The molecule has 0 saturated carbocycles. The van der Waals surface area contributed by atoms with E-state index < -0.39 is 0 Å². The van der Waals surface area contributed by atoms with Crippen LogP contribution in [-0.2, 0) is 0 Å².